The smallest absolute Gasteiger partial charge is 0.193 e. The topological polar surface area (TPSA) is 80.9 Å². The molecule has 2 aromatic rings. The highest BCUT2D eigenvalue weighted by Crippen LogP contribution is 2.45. The number of methoxy groups -OCH3 is 1. The molecular weight excluding hydrogens is 406 g/mol. The molecule has 6 heteroatoms. The van der Waals surface area contributed by atoms with Gasteiger partial charge in [-0.1, -0.05) is 33.8 Å². The monoisotopic (exact) mass is 441 g/mol. The summed E-state index contributed by atoms with van der Waals surface area (Å²) in [6, 6.07) is 5.64. The van der Waals surface area contributed by atoms with E-state index in [1.54, 1.807) is 19.4 Å². The van der Waals surface area contributed by atoms with Crippen LogP contribution < -0.4 is 14.9 Å². The standard InChI is InChI=1S/C26H35NO5/c1-17(29)20-16-27-21(15-22(20)30)19-14-23(31-5)24(32-11-9-7-6-8-10-28)12-18(19)13-25(27)26(2,3)4/h12,14-16,25,28-29H,1,6-11,13H2,2-5H3. The molecule has 0 bridgehead atoms. The van der Waals surface area contributed by atoms with Crippen molar-refractivity contribution in [3.05, 3.63) is 52.3 Å². The van der Waals surface area contributed by atoms with Crippen molar-refractivity contribution in [1.82, 2.24) is 4.57 Å². The molecule has 174 valence electrons. The van der Waals surface area contributed by atoms with E-state index < -0.39 is 0 Å². The molecule has 1 aliphatic heterocycles. The van der Waals surface area contributed by atoms with Crippen LogP contribution in [0.1, 0.15) is 63.6 Å². The van der Waals surface area contributed by atoms with Gasteiger partial charge in [0.25, 0.3) is 0 Å². The van der Waals surface area contributed by atoms with Crippen molar-refractivity contribution in [2.75, 3.05) is 20.3 Å². The van der Waals surface area contributed by atoms with Crippen molar-refractivity contribution in [3.63, 3.8) is 0 Å². The SMILES string of the molecule is C=C(O)c1cn2c(cc1=O)-c1cc(OC)c(OCCCCCCO)cc1CC2C(C)(C)C. The lowest BCUT2D eigenvalue weighted by atomic mass is 9.78. The third-order valence-electron chi connectivity index (χ3n) is 6.11. The van der Waals surface area contributed by atoms with E-state index in [4.69, 9.17) is 14.6 Å². The number of hydrogen-bond donors (Lipinski definition) is 2. The zero-order valence-electron chi connectivity index (χ0n) is 19.6. The van der Waals surface area contributed by atoms with E-state index in [0.29, 0.717) is 18.1 Å². The van der Waals surface area contributed by atoms with Crippen LogP contribution in [0.25, 0.3) is 17.0 Å². The van der Waals surface area contributed by atoms with Gasteiger partial charge < -0.3 is 24.3 Å². The summed E-state index contributed by atoms with van der Waals surface area (Å²) in [6.07, 6.45) is 6.22. The first kappa shape index (κ1) is 23.9. The van der Waals surface area contributed by atoms with Gasteiger partial charge in [0.15, 0.2) is 16.9 Å². The predicted octanol–water partition coefficient (Wildman–Crippen LogP) is 5.13. The number of hydrogen-bond acceptors (Lipinski definition) is 5. The maximum absolute atomic E-state index is 12.7. The van der Waals surface area contributed by atoms with Gasteiger partial charge in [-0.15, -0.1) is 0 Å². The Hall–Kier alpha value is -2.73. The maximum Gasteiger partial charge on any atom is 0.193 e. The number of ether oxygens (including phenoxy) is 2. The van der Waals surface area contributed by atoms with E-state index >= 15 is 0 Å². The second kappa shape index (κ2) is 9.82. The van der Waals surface area contributed by atoms with Gasteiger partial charge in [-0.2, -0.15) is 0 Å². The highest BCUT2D eigenvalue weighted by molar-refractivity contribution is 5.72. The lowest BCUT2D eigenvalue weighted by molar-refractivity contribution is 0.236. The quantitative estimate of drug-likeness (QED) is 0.417. The fourth-order valence-electron chi connectivity index (χ4n) is 4.30. The van der Waals surface area contributed by atoms with E-state index in [0.717, 1.165) is 48.9 Å². The molecule has 0 saturated heterocycles. The molecule has 1 aromatic heterocycles. The Kier molecular flexibility index (Phi) is 7.34. The fourth-order valence-corrected chi connectivity index (χ4v) is 4.30. The molecule has 2 N–H and O–H groups in total. The highest BCUT2D eigenvalue weighted by atomic mass is 16.5. The van der Waals surface area contributed by atoms with Crippen molar-refractivity contribution in [2.45, 2.75) is 58.9 Å². The Morgan fingerprint density at radius 2 is 1.88 bits per heavy atom. The Bertz CT molecular complexity index is 1030. The second-order valence-corrected chi connectivity index (χ2v) is 9.52. The molecule has 0 fully saturated rings. The average Bonchev–Trinajstić information content (AvgIpc) is 2.73. The van der Waals surface area contributed by atoms with Gasteiger partial charge in [0.05, 0.1) is 25.0 Å². The summed E-state index contributed by atoms with van der Waals surface area (Å²) in [5.74, 6) is 1.12. The molecule has 1 atom stereocenters. The zero-order valence-corrected chi connectivity index (χ0v) is 19.6. The summed E-state index contributed by atoms with van der Waals surface area (Å²) in [4.78, 5) is 12.7. The van der Waals surface area contributed by atoms with Gasteiger partial charge in [0.2, 0.25) is 0 Å². The van der Waals surface area contributed by atoms with Crippen molar-refractivity contribution in [3.8, 4) is 22.8 Å². The number of fused-ring (bicyclic) bond motifs is 3. The van der Waals surface area contributed by atoms with Crippen LogP contribution in [-0.4, -0.2) is 35.1 Å². The van der Waals surface area contributed by atoms with E-state index in [1.807, 2.05) is 12.1 Å². The highest BCUT2D eigenvalue weighted by Gasteiger charge is 2.34. The third-order valence-corrected chi connectivity index (χ3v) is 6.11. The van der Waals surface area contributed by atoms with E-state index in [2.05, 4.69) is 31.9 Å². The molecule has 1 unspecified atom stereocenters. The van der Waals surface area contributed by atoms with Crippen LogP contribution in [0.3, 0.4) is 0 Å². The number of nitrogens with zero attached hydrogens (tertiary/aromatic N) is 1. The predicted molar refractivity (Wildman–Crippen MR) is 128 cm³/mol. The first-order valence-electron chi connectivity index (χ1n) is 11.3. The molecule has 0 spiro atoms. The van der Waals surface area contributed by atoms with E-state index in [1.165, 1.54) is 0 Å². The first-order valence-corrected chi connectivity index (χ1v) is 11.3. The van der Waals surface area contributed by atoms with Crippen molar-refractivity contribution >= 4 is 5.76 Å². The molecule has 2 heterocycles. The minimum atomic E-state index is -0.258. The van der Waals surface area contributed by atoms with Gasteiger partial charge in [0.1, 0.15) is 5.76 Å². The van der Waals surface area contributed by atoms with Crippen LogP contribution in [0.2, 0.25) is 0 Å². The number of aromatic nitrogens is 1. The van der Waals surface area contributed by atoms with Crippen LogP contribution in [0.4, 0.5) is 0 Å². The zero-order chi connectivity index (χ0) is 23.5. The minimum Gasteiger partial charge on any atom is -0.508 e. The van der Waals surface area contributed by atoms with Crippen LogP contribution in [-0.2, 0) is 6.42 Å². The Morgan fingerprint density at radius 1 is 1.16 bits per heavy atom. The normalized spacial score (nSPS) is 15.1. The summed E-state index contributed by atoms with van der Waals surface area (Å²) >= 11 is 0. The minimum absolute atomic E-state index is 0.0801. The Morgan fingerprint density at radius 3 is 2.50 bits per heavy atom. The average molecular weight is 442 g/mol. The lowest BCUT2D eigenvalue weighted by Gasteiger charge is -2.39. The maximum atomic E-state index is 12.7. The number of pyridine rings is 1. The van der Waals surface area contributed by atoms with E-state index in [9.17, 15) is 9.90 Å². The van der Waals surface area contributed by atoms with Gasteiger partial charge in [-0.25, -0.2) is 0 Å². The molecule has 0 radical (unpaired) electrons. The number of unbranched alkanes of at least 4 members (excludes halogenated alkanes) is 3. The van der Waals surface area contributed by atoms with Gasteiger partial charge in [-0.3, -0.25) is 4.79 Å². The molecule has 1 aliphatic rings. The summed E-state index contributed by atoms with van der Waals surface area (Å²) in [5, 5.41) is 18.8. The third kappa shape index (κ3) is 5.01. The second-order valence-electron chi connectivity index (χ2n) is 9.52. The number of benzene rings is 1. The van der Waals surface area contributed by atoms with Crippen molar-refractivity contribution in [2.24, 2.45) is 5.41 Å². The van der Waals surface area contributed by atoms with Gasteiger partial charge in [0, 0.05) is 30.5 Å². The Balaban J connectivity index is 2.01. The fraction of sp³-hybridized carbons (Fsp3) is 0.500. The summed E-state index contributed by atoms with van der Waals surface area (Å²) in [5.41, 5.74) is 2.73. The lowest BCUT2D eigenvalue weighted by Crippen LogP contribution is -2.32. The first-order chi connectivity index (χ1) is 15.2. The van der Waals surface area contributed by atoms with Gasteiger partial charge >= 0.3 is 0 Å². The van der Waals surface area contributed by atoms with Crippen molar-refractivity contribution < 1.29 is 19.7 Å². The molecule has 0 amide bonds. The molecule has 32 heavy (non-hydrogen) atoms. The molecule has 0 aliphatic carbocycles. The van der Waals surface area contributed by atoms with Crippen LogP contribution in [0, 0.1) is 5.41 Å². The summed E-state index contributed by atoms with van der Waals surface area (Å²) in [6.45, 7) is 10.9. The summed E-state index contributed by atoms with van der Waals surface area (Å²) in [7, 11) is 1.61. The Labute approximate surface area is 190 Å². The van der Waals surface area contributed by atoms with Crippen LogP contribution in [0.5, 0.6) is 11.5 Å². The largest absolute Gasteiger partial charge is 0.508 e. The van der Waals surface area contributed by atoms with Crippen LogP contribution in [0.15, 0.2) is 35.8 Å². The number of aliphatic hydroxyl groups excluding tert-OH is 2. The summed E-state index contributed by atoms with van der Waals surface area (Å²) < 4.78 is 13.8. The molecule has 3 rings (SSSR count). The number of aliphatic hydroxyl groups is 2. The van der Waals surface area contributed by atoms with Crippen LogP contribution >= 0.6 is 0 Å². The molecule has 1 aromatic carbocycles. The van der Waals surface area contributed by atoms with Crippen molar-refractivity contribution in [1.29, 1.82) is 0 Å². The molecule has 0 saturated carbocycles. The molecule has 6 nitrogen and oxygen atoms in total. The van der Waals surface area contributed by atoms with Gasteiger partial charge in [-0.05, 0) is 48.8 Å². The van der Waals surface area contributed by atoms with E-state index in [-0.39, 0.29) is 34.8 Å². The molecular formula is C26H35NO5. The number of rotatable bonds is 9.